The van der Waals surface area contributed by atoms with E-state index in [9.17, 15) is 13.2 Å². The summed E-state index contributed by atoms with van der Waals surface area (Å²) in [6.07, 6.45) is 3.77. The van der Waals surface area contributed by atoms with Crippen molar-refractivity contribution in [3.05, 3.63) is 58.6 Å². The average molecular weight is 451 g/mol. The maximum absolute atomic E-state index is 13.2. The molecule has 0 aliphatic carbocycles. The van der Waals surface area contributed by atoms with Crippen LogP contribution in [0.4, 0.5) is 0 Å². The highest BCUT2D eigenvalue weighted by molar-refractivity contribution is 7.89. The Kier molecular flexibility index (Phi) is 7.39. The van der Waals surface area contributed by atoms with Gasteiger partial charge < -0.3 is 9.64 Å². The predicted octanol–water partition coefficient (Wildman–Crippen LogP) is 4.19. The minimum Gasteiger partial charge on any atom is -0.496 e. The second-order valence-corrected chi connectivity index (χ2v) is 9.85. The van der Waals surface area contributed by atoms with Gasteiger partial charge in [-0.1, -0.05) is 36.6 Å². The molecular formula is C22H27ClN2O4S. The molecule has 30 heavy (non-hydrogen) atoms. The van der Waals surface area contributed by atoms with E-state index in [-0.39, 0.29) is 16.4 Å². The molecule has 0 atom stereocenters. The Balaban J connectivity index is 1.89. The number of ether oxygens (including phenoxy) is 1. The molecule has 1 amide bonds. The Morgan fingerprint density at radius 2 is 1.80 bits per heavy atom. The van der Waals surface area contributed by atoms with Gasteiger partial charge in [0.1, 0.15) is 5.75 Å². The zero-order chi connectivity index (χ0) is 21.7. The summed E-state index contributed by atoms with van der Waals surface area (Å²) < 4.78 is 33.2. The first-order valence-electron chi connectivity index (χ1n) is 10.0. The van der Waals surface area contributed by atoms with Gasteiger partial charge in [0.05, 0.1) is 17.6 Å². The maximum atomic E-state index is 13.2. The second kappa shape index (κ2) is 9.81. The maximum Gasteiger partial charge on any atom is 0.257 e. The number of nitrogens with zero attached hydrogens (tertiary/aromatic N) is 2. The first kappa shape index (κ1) is 22.6. The normalized spacial score (nSPS) is 15.4. The lowest BCUT2D eigenvalue weighted by Crippen LogP contribution is -2.32. The van der Waals surface area contributed by atoms with Gasteiger partial charge in [0.15, 0.2) is 0 Å². The van der Waals surface area contributed by atoms with Crippen LogP contribution in [0.2, 0.25) is 5.02 Å². The first-order valence-corrected chi connectivity index (χ1v) is 11.8. The Labute approximate surface area is 183 Å². The van der Waals surface area contributed by atoms with Crippen LogP contribution < -0.4 is 4.74 Å². The molecule has 2 aromatic carbocycles. The molecule has 0 saturated carbocycles. The zero-order valence-corrected chi connectivity index (χ0v) is 18.9. The van der Waals surface area contributed by atoms with Crippen molar-refractivity contribution in [2.24, 2.45) is 0 Å². The molecule has 1 saturated heterocycles. The Morgan fingerprint density at radius 3 is 2.43 bits per heavy atom. The highest BCUT2D eigenvalue weighted by Crippen LogP contribution is 2.27. The van der Waals surface area contributed by atoms with E-state index in [1.807, 2.05) is 12.1 Å². The van der Waals surface area contributed by atoms with Crippen molar-refractivity contribution in [3.8, 4) is 5.75 Å². The van der Waals surface area contributed by atoms with Gasteiger partial charge >= 0.3 is 0 Å². The van der Waals surface area contributed by atoms with E-state index in [0.717, 1.165) is 31.2 Å². The number of sulfonamides is 1. The van der Waals surface area contributed by atoms with Crippen molar-refractivity contribution >= 4 is 27.5 Å². The molecule has 162 valence electrons. The number of carbonyl (C=O) groups is 1. The number of halogens is 1. The third kappa shape index (κ3) is 5.14. The van der Waals surface area contributed by atoms with Crippen molar-refractivity contribution in [3.63, 3.8) is 0 Å². The van der Waals surface area contributed by atoms with Crippen molar-refractivity contribution in [2.45, 2.75) is 37.1 Å². The summed E-state index contributed by atoms with van der Waals surface area (Å²) in [6.45, 7) is 1.35. The van der Waals surface area contributed by atoms with Crippen LogP contribution >= 0.6 is 11.6 Å². The summed E-state index contributed by atoms with van der Waals surface area (Å²) in [6, 6.07) is 11.8. The number of hydrogen-bond acceptors (Lipinski definition) is 4. The third-order valence-electron chi connectivity index (χ3n) is 5.26. The third-order valence-corrected chi connectivity index (χ3v) is 7.39. The van der Waals surface area contributed by atoms with Crippen LogP contribution in [0.3, 0.4) is 0 Å². The quantitative estimate of drug-likeness (QED) is 0.662. The number of amides is 1. The van der Waals surface area contributed by atoms with E-state index in [2.05, 4.69) is 0 Å². The molecule has 0 N–H and O–H groups in total. The molecule has 1 heterocycles. The van der Waals surface area contributed by atoms with E-state index >= 15 is 0 Å². The lowest BCUT2D eigenvalue weighted by molar-refractivity contribution is 0.0781. The fourth-order valence-corrected chi connectivity index (χ4v) is 5.39. The first-order chi connectivity index (χ1) is 14.3. The van der Waals surface area contributed by atoms with Gasteiger partial charge in [0.25, 0.3) is 5.91 Å². The minimum atomic E-state index is -3.67. The van der Waals surface area contributed by atoms with Crippen molar-refractivity contribution < 1.29 is 17.9 Å². The molecule has 3 rings (SSSR count). The molecule has 0 aromatic heterocycles. The number of methoxy groups -OCH3 is 1. The van der Waals surface area contributed by atoms with Gasteiger partial charge in [0, 0.05) is 31.7 Å². The van der Waals surface area contributed by atoms with E-state index in [1.165, 1.54) is 28.4 Å². The second-order valence-electron chi connectivity index (χ2n) is 7.47. The van der Waals surface area contributed by atoms with Gasteiger partial charge in [-0.3, -0.25) is 4.79 Å². The average Bonchev–Trinajstić information content (AvgIpc) is 3.03. The van der Waals surface area contributed by atoms with Gasteiger partial charge in [-0.25, -0.2) is 8.42 Å². The predicted molar refractivity (Wildman–Crippen MR) is 117 cm³/mol. The minimum absolute atomic E-state index is 0.115. The van der Waals surface area contributed by atoms with Crippen LogP contribution in [0.15, 0.2) is 47.4 Å². The highest BCUT2D eigenvalue weighted by Gasteiger charge is 2.27. The van der Waals surface area contributed by atoms with Crippen LogP contribution in [-0.2, 0) is 16.6 Å². The smallest absolute Gasteiger partial charge is 0.257 e. The molecule has 6 nitrogen and oxygen atoms in total. The summed E-state index contributed by atoms with van der Waals surface area (Å²) in [4.78, 5) is 14.8. The molecule has 1 aliphatic heterocycles. The van der Waals surface area contributed by atoms with Crippen LogP contribution in [0.1, 0.15) is 41.6 Å². The molecule has 0 unspecified atom stereocenters. The Hall–Kier alpha value is -2.09. The number of hydrogen-bond donors (Lipinski definition) is 0. The molecule has 1 fully saturated rings. The molecule has 0 radical (unpaired) electrons. The van der Waals surface area contributed by atoms with Gasteiger partial charge in [-0.15, -0.1) is 0 Å². The number of rotatable bonds is 6. The van der Waals surface area contributed by atoms with Crippen molar-refractivity contribution in [1.82, 2.24) is 9.21 Å². The van der Waals surface area contributed by atoms with E-state index in [0.29, 0.717) is 30.4 Å². The van der Waals surface area contributed by atoms with Gasteiger partial charge in [0.2, 0.25) is 10.0 Å². The SMILES string of the molecule is COc1ccc(S(=O)(=O)N2CCCCCC2)cc1C(=O)N(C)Cc1cccc(Cl)c1. The number of carbonyl (C=O) groups excluding carboxylic acids is 1. The molecule has 1 aliphatic rings. The van der Waals surface area contributed by atoms with Crippen LogP contribution in [0, 0.1) is 0 Å². The Morgan fingerprint density at radius 1 is 1.10 bits per heavy atom. The topological polar surface area (TPSA) is 66.9 Å². The van der Waals surface area contributed by atoms with E-state index in [1.54, 1.807) is 25.2 Å². The fourth-order valence-electron chi connectivity index (χ4n) is 3.63. The monoisotopic (exact) mass is 450 g/mol. The van der Waals surface area contributed by atoms with Crippen molar-refractivity contribution in [1.29, 1.82) is 0 Å². The molecule has 0 bridgehead atoms. The van der Waals surface area contributed by atoms with Gasteiger partial charge in [-0.2, -0.15) is 4.31 Å². The van der Waals surface area contributed by atoms with Gasteiger partial charge in [-0.05, 0) is 48.7 Å². The Bertz CT molecular complexity index is 1000. The zero-order valence-electron chi connectivity index (χ0n) is 17.3. The summed E-state index contributed by atoms with van der Waals surface area (Å²) in [5, 5.41) is 0.594. The molecular weight excluding hydrogens is 424 g/mol. The van der Waals surface area contributed by atoms with Crippen LogP contribution in [0.25, 0.3) is 0 Å². The van der Waals surface area contributed by atoms with Crippen LogP contribution in [-0.4, -0.2) is 50.8 Å². The van der Waals surface area contributed by atoms with E-state index in [4.69, 9.17) is 16.3 Å². The van der Waals surface area contributed by atoms with Crippen LogP contribution in [0.5, 0.6) is 5.75 Å². The lowest BCUT2D eigenvalue weighted by atomic mass is 10.1. The fraction of sp³-hybridized carbons (Fsp3) is 0.409. The summed E-state index contributed by atoms with van der Waals surface area (Å²) in [7, 11) is -0.537. The number of benzene rings is 2. The van der Waals surface area contributed by atoms with Crippen molar-refractivity contribution in [2.75, 3.05) is 27.2 Å². The largest absolute Gasteiger partial charge is 0.496 e. The molecule has 8 heteroatoms. The summed E-state index contributed by atoms with van der Waals surface area (Å²) in [5.41, 5.74) is 1.10. The lowest BCUT2D eigenvalue weighted by Gasteiger charge is -2.22. The molecule has 0 spiro atoms. The highest BCUT2D eigenvalue weighted by atomic mass is 35.5. The molecule has 2 aromatic rings. The van der Waals surface area contributed by atoms with E-state index < -0.39 is 10.0 Å². The standard InChI is InChI=1S/C22H27ClN2O4S/c1-24(16-17-8-7-9-18(23)14-17)22(26)20-15-19(10-11-21(20)29-2)30(27,28)25-12-5-3-4-6-13-25/h7-11,14-15H,3-6,12-13,16H2,1-2H3. The summed E-state index contributed by atoms with van der Waals surface area (Å²) >= 11 is 6.03. The summed E-state index contributed by atoms with van der Waals surface area (Å²) in [5.74, 6) is 0.0208.